The minimum atomic E-state index is 0.833. The van der Waals surface area contributed by atoms with Crippen LogP contribution in [0.1, 0.15) is 69.2 Å². The van der Waals surface area contributed by atoms with Gasteiger partial charge in [0.25, 0.3) is 0 Å². The molecule has 0 aliphatic rings. The van der Waals surface area contributed by atoms with Crippen molar-refractivity contribution in [3.63, 3.8) is 0 Å². The van der Waals surface area contributed by atoms with Crippen molar-refractivity contribution in [3.05, 3.63) is 67.0 Å². The molecule has 24 heavy (non-hydrogen) atoms. The summed E-state index contributed by atoms with van der Waals surface area (Å²) in [7, 11) is 0. The summed E-state index contributed by atoms with van der Waals surface area (Å²) in [5, 5.41) is 0. The van der Waals surface area contributed by atoms with Crippen molar-refractivity contribution in [2.45, 2.75) is 69.2 Å². The Morgan fingerprint density at radius 2 is 0.583 bits per heavy atom. The van der Waals surface area contributed by atoms with Crippen molar-refractivity contribution in [3.8, 4) is 0 Å². The summed E-state index contributed by atoms with van der Waals surface area (Å²) < 4.78 is 0. The van der Waals surface area contributed by atoms with Gasteiger partial charge in [-0.25, -0.2) is 0 Å². The molecule has 1 aromatic carbocycles. The first-order chi connectivity index (χ1) is 11.5. The highest BCUT2D eigenvalue weighted by molar-refractivity contribution is 4.99. The summed E-state index contributed by atoms with van der Waals surface area (Å²) in [4.78, 5) is 3.78. The molecule has 1 heteroatoms. The van der Waals surface area contributed by atoms with Crippen molar-refractivity contribution in [1.29, 1.82) is 0 Å². The third kappa shape index (κ3) is 71.1. The van der Waals surface area contributed by atoms with Crippen LogP contribution in [0.3, 0.4) is 0 Å². The Morgan fingerprint density at radius 3 is 0.667 bits per heavy atom. The summed E-state index contributed by atoms with van der Waals surface area (Å²) in [5.74, 6) is 1.67. The van der Waals surface area contributed by atoms with Crippen LogP contribution in [0.4, 0.5) is 0 Å². The van der Waals surface area contributed by atoms with Gasteiger partial charge in [-0.1, -0.05) is 112 Å². The molecular formula is C23H43N. The highest BCUT2D eigenvalue weighted by Gasteiger charge is 1.68. The maximum Gasteiger partial charge on any atom is 0.0267 e. The normalized spacial score (nSPS) is 7.50. The zero-order chi connectivity index (χ0) is 19.6. The minimum absolute atomic E-state index is 0.833. The average molecular weight is 334 g/mol. The molecule has 2 aromatic rings. The van der Waals surface area contributed by atoms with Gasteiger partial charge in [0.1, 0.15) is 0 Å². The predicted molar refractivity (Wildman–Crippen MR) is 114 cm³/mol. The van der Waals surface area contributed by atoms with Crippen molar-refractivity contribution >= 4 is 0 Å². The number of rotatable bonds is 0. The Balaban J connectivity index is -0.000000106. The molecule has 0 amide bonds. The molecule has 0 N–H and O–H groups in total. The third-order valence-corrected chi connectivity index (χ3v) is 1.23. The molecule has 0 radical (unpaired) electrons. The van der Waals surface area contributed by atoms with Crippen LogP contribution in [0, 0.1) is 11.8 Å². The molecule has 1 aromatic heterocycles. The van der Waals surface area contributed by atoms with E-state index in [1.807, 2.05) is 82.3 Å². The molecular weight excluding hydrogens is 290 g/mol. The molecule has 0 atom stereocenters. The summed E-state index contributed by atoms with van der Waals surface area (Å²) in [6, 6.07) is 17.7. The van der Waals surface area contributed by atoms with E-state index in [2.05, 4.69) is 46.5 Å². The van der Waals surface area contributed by atoms with E-state index in [1.165, 1.54) is 0 Å². The molecule has 0 aliphatic carbocycles. The van der Waals surface area contributed by atoms with Gasteiger partial charge in [0.05, 0.1) is 0 Å². The second kappa shape index (κ2) is 33.1. The van der Waals surface area contributed by atoms with Crippen molar-refractivity contribution in [2.24, 2.45) is 11.8 Å². The van der Waals surface area contributed by atoms with Crippen molar-refractivity contribution < 1.29 is 0 Å². The van der Waals surface area contributed by atoms with Crippen LogP contribution in [-0.2, 0) is 0 Å². The van der Waals surface area contributed by atoms with Crippen LogP contribution in [-0.4, -0.2) is 4.98 Å². The van der Waals surface area contributed by atoms with Crippen molar-refractivity contribution in [2.75, 3.05) is 0 Å². The number of hydrogen-bond donors (Lipinski definition) is 0. The van der Waals surface area contributed by atoms with Crippen LogP contribution >= 0.6 is 0 Å². The molecule has 0 unspecified atom stereocenters. The van der Waals surface area contributed by atoms with Gasteiger partial charge in [-0.05, 0) is 24.0 Å². The molecule has 1 heterocycles. The number of benzene rings is 1. The summed E-state index contributed by atoms with van der Waals surface area (Å²) in [6.07, 6.45) is 3.50. The Kier molecular flexibility index (Phi) is 41.7. The minimum Gasteiger partial charge on any atom is -0.265 e. The van der Waals surface area contributed by atoms with Gasteiger partial charge < -0.3 is 0 Å². The van der Waals surface area contributed by atoms with E-state index < -0.39 is 0 Å². The third-order valence-electron chi connectivity index (χ3n) is 1.23. The van der Waals surface area contributed by atoms with Gasteiger partial charge in [-0.2, -0.15) is 0 Å². The van der Waals surface area contributed by atoms with Crippen LogP contribution in [0.25, 0.3) is 0 Å². The lowest BCUT2D eigenvalue weighted by Crippen LogP contribution is -1.66. The van der Waals surface area contributed by atoms with Gasteiger partial charge in [0.15, 0.2) is 0 Å². The first-order valence-corrected chi connectivity index (χ1v) is 9.31. The number of pyridine rings is 1. The Hall–Kier alpha value is -1.63. The Morgan fingerprint density at radius 1 is 0.417 bits per heavy atom. The molecule has 140 valence electrons. The number of nitrogens with zero attached hydrogens (tertiary/aromatic N) is 1. The smallest absolute Gasteiger partial charge is 0.0267 e. The topological polar surface area (TPSA) is 12.9 Å². The second-order valence-electron chi connectivity index (χ2n) is 5.64. The van der Waals surface area contributed by atoms with E-state index in [0.29, 0.717) is 0 Å². The average Bonchev–Trinajstić information content (AvgIpc) is 2.61. The first kappa shape index (κ1) is 30.3. The lowest BCUT2D eigenvalue weighted by atomic mass is 10.3. The summed E-state index contributed by atoms with van der Waals surface area (Å²) in [5.41, 5.74) is 0. The lowest BCUT2D eigenvalue weighted by molar-refractivity contribution is 0.736. The lowest BCUT2D eigenvalue weighted by Gasteiger charge is -1.79. The van der Waals surface area contributed by atoms with Gasteiger partial charge in [-0.3, -0.25) is 4.98 Å². The summed E-state index contributed by atoms with van der Waals surface area (Å²) >= 11 is 0. The Bertz CT molecular complexity index is 245. The van der Waals surface area contributed by atoms with E-state index in [1.54, 1.807) is 12.4 Å². The zero-order valence-electron chi connectivity index (χ0n) is 18.0. The van der Waals surface area contributed by atoms with Gasteiger partial charge in [0, 0.05) is 12.4 Å². The molecule has 0 saturated heterocycles. The van der Waals surface area contributed by atoms with E-state index in [4.69, 9.17) is 0 Å². The maximum absolute atomic E-state index is 3.78. The van der Waals surface area contributed by atoms with E-state index >= 15 is 0 Å². The van der Waals surface area contributed by atoms with Crippen LogP contribution in [0.5, 0.6) is 0 Å². The number of hydrogen-bond acceptors (Lipinski definition) is 1. The van der Waals surface area contributed by atoms with Crippen LogP contribution in [0.2, 0.25) is 0 Å². The zero-order valence-corrected chi connectivity index (χ0v) is 18.0. The summed E-state index contributed by atoms with van der Waals surface area (Å²) in [6.45, 7) is 21.0. The SMILES string of the molecule is CC.CC.CC(C)C.CC(C)C.c1ccccc1.c1ccncc1. The fraction of sp³-hybridized carbons (Fsp3) is 0.522. The first-order valence-electron chi connectivity index (χ1n) is 9.31. The quantitative estimate of drug-likeness (QED) is 0.474. The monoisotopic (exact) mass is 333 g/mol. The molecule has 0 bridgehead atoms. The highest BCUT2D eigenvalue weighted by atomic mass is 14.6. The highest BCUT2D eigenvalue weighted by Crippen LogP contribution is 1.81. The van der Waals surface area contributed by atoms with E-state index in [-0.39, 0.29) is 0 Å². The van der Waals surface area contributed by atoms with Crippen molar-refractivity contribution in [1.82, 2.24) is 4.98 Å². The van der Waals surface area contributed by atoms with E-state index in [0.717, 1.165) is 11.8 Å². The van der Waals surface area contributed by atoms with Gasteiger partial charge in [0.2, 0.25) is 0 Å². The fourth-order valence-corrected chi connectivity index (χ4v) is 0.698. The van der Waals surface area contributed by atoms with Gasteiger partial charge >= 0.3 is 0 Å². The maximum atomic E-state index is 3.78. The van der Waals surface area contributed by atoms with E-state index in [9.17, 15) is 0 Å². The molecule has 2 rings (SSSR count). The second-order valence-corrected chi connectivity index (χ2v) is 5.64. The largest absolute Gasteiger partial charge is 0.265 e. The fourth-order valence-electron chi connectivity index (χ4n) is 0.698. The molecule has 0 saturated carbocycles. The Labute approximate surface area is 153 Å². The van der Waals surface area contributed by atoms with Gasteiger partial charge in [-0.15, -0.1) is 0 Å². The number of aromatic nitrogens is 1. The molecule has 0 aliphatic heterocycles. The molecule has 0 fully saturated rings. The van der Waals surface area contributed by atoms with Crippen LogP contribution < -0.4 is 0 Å². The standard InChI is InChI=1S/C6H6.C5H5N.2C4H10.2C2H6/c2*1-2-4-6-5-3-1;2*1-4(2)3;2*1-2/h1-6H;1-5H;2*4H,1-3H3;2*1-2H3. The molecule has 1 nitrogen and oxygen atoms in total. The molecule has 0 spiro atoms. The predicted octanol–water partition coefficient (Wildman–Crippen LogP) is 8.15. The van der Waals surface area contributed by atoms with Crippen LogP contribution in [0.15, 0.2) is 67.0 Å².